The average Bonchev–Trinajstić information content (AvgIpc) is 3.19. The van der Waals surface area contributed by atoms with E-state index in [1.54, 1.807) is 18.3 Å². The molecule has 5 nitrogen and oxygen atoms in total. The van der Waals surface area contributed by atoms with E-state index in [4.69, 9.17) is 13.6 Å². The Morgan fingerprint density at radius 1 is 0.966 bits per heavy atom. The minimum atomic E-state index is -2.21. The van der Waals surface area contributed by atoms with Crippen molar-refractivity contribution in [2.75, 3.05) is 12.0 Å². The van der Waals surface area contributed by atoms with Crippen LogP contribution in [0.15, 0.2) is 47.1 Å². The van der Waals surface area contributed by atoms with Gasteiger partial charge in [0.1, 0.15) is 17.6 Å². The zero-order chi connectivity index (χ0) is 21.3. The first-order valence-electron chi connectivity index (χ1n) is 10.4. The Morgan fingerprint density at radius 3 is 2.00 bits per heavy atom. The number of carbonyl (C=O) groups excluding carboxylic acids is 1. The number of methoxy groups -OCH3 is 1. The van der Waals surface area contributed by atoms with E-state index in [2.05, 4.69) is 41.5 Å². The summed E-state index contributed by atoms with van der Waals surface area (Å²) in [6.07, 6.45) is 1.14. The SMILES string of the molecule is COc1ccc(N2C(=O)C(O[Si](C(C)C)(C(C)C)C(C)C)C2c2ccco2)cc1. The smallest absolute Gasteiger partial charge is 0.258 e. The lowest BCUT2D eigenvalue weighted by atomic mass is 9.94. The third-order valence-corrected chi connectivity index (χ3v) is 12.3. The predicted molar refractivity (Wildman–Crippen MR) is 118 cm³/mol. The molecule has 0 radical (unpaired) electrons. The van der Waals surface area contributed by atoms with Gasteiger partial charge in [-0.15, -0.1) is 0 Å². The van der Waals surface area contributed by atoms with E-state index in [0.717, 1.165) is 17.2 Å². The molecule has 1 saturated heterocycles. The highest BCUT2D eigenvalue weighted by Crippen LogP contribution is 2.49. The lowest BCUT2D eigenvalue weighted by Crippen LogP contribution is -2.65. The van der Waals surface area contributed by atoms with Crippen molar-refractivity contribution in [3.8, 4) is 5.75 Å². The fraction of sp³-hybridized carbons (Fsp3) is 0.522. The number of ether oxygens (including phenoxy) is 1. The zero-order valence-electron chi connectivity index (χ0n) is 18.5. The fourth-order valence-electron chi connectivity index (χ4n) is 4.97. The molecule has 0 bridgehead atoms. The highest BCUT2D eigenvalue weighted by atomic mass is 28.4. The van der Waals surface area contributed by atoms with Crippen LogP contribution in [-0.4, -0.2) is 27.4 Å². The van der Waals surface area contributed by atoms with Crippen LogP contribution in [0.2, 0.25) is 16.6 Å². The monoisotopic (exact) mass is 415 g/mol. The van der Waals surface area contributed by atoms with Crippen molar-refractivity contribution in [3.05, 3.63) is 48.4 Å². The van der Waals surface area contributed by atoms with Crippen molar-refractivity contribution in [3.63, 3.8) is 0 Å². The molecule has 2 unspecified atom stereocenters. The van der Waals surface area contributed by atoms with Gasteiger partial charge in [-0.05, 0) is 53.0 Å². The predicted octanol–water partition coefficient (Wildman–Crippen LogP) is 5.94. The van der Waals surface area contributed by atoms with E-state index in [1.807, 2.05) is 36.4 Å². The number of nitrogens with zero attached hydrogens (tertiary/aromatic N) is 1. The van der Waals surface area contributed by atoms with Crippen molar-refractivity contribution in [1.29, 1.82) is 0 Å². The van der Waals surface area contributed by atoms with Crippen LogP contribution >= 0.6 is 0 Å². The number of anilines is 1. The molecule has 158 valence electrons. The lowest BCUT2D eigenvalue weighted by Gasteiger charge is -2.52. The molecular formula is C23H33NO4Si. The van der Waals surface area contributed by atoms with Crippen molar-refractivity contribution in [1.82, 2.24) is 0 Å². The summed E-state index contributed by atoms with van der Waals surface area (Å²) in [6, 6.07) is 11.1. The van der Waals surface area contributed by atoms with E-state index in [0.29, 0.717) is 16.6 Å². The minimum absolute atomic E-state index is 0.00427. The Kier molecular flexibility index (Phi) is 6.24. The number of hydrogen-bond acceptors (Lipinski definition) is 4. The quantitative estimate of drug-likeness (QED) is 0.396. The Balaban J connectivity index is 1.97. The van der Waals surface area contributed by atoms with E-state index >= 15 is 0 Å². The van der Waals surface area contributed by atoms with Gasteiger partial charge in [-0.2, -0.15) is 0 Å². The highest BCUT2D eigenvalue weighted by molar-refractivity contribution is 6.77. The van der Waals surface area contributed by atoms with E-state index < -0.39 is 14.4 Å². The summed E-state index contributed by atoms with van der Waals surface area (Å²) >= 11 is 0. The maximum absolute atomic E-state index is 13.3. The fourth-order valence-corrected chi connectivity index (χ4v) is 10.5. The number of carbonyl (C=O) groups is 1. The summed E-state index contributed by atoms with van der Waals surface area (Å²) < 4.78 is 17.8. The van der Waals surface area contributed by atoms with Crippen molar-refractivity contribution in [2.45, 2.75) is 70.3 Å². The number of amides is 1. The largest absolute Gasteiger partial charge is 0.497 e. The van der Waals surface area contributed by atoms with Gasteiger partial charge in [0.15, 0.2) is 6.10 Å². The highest BCUT2D eigenvalue weighted by Gasteiger charge is 2.57. The van der Waals surface area contributed by atoms with Crippen LogP contribution in [0.5, 0.6) is 5.75 Å². The van der Waals surface area contributed by atoms with Gasteiger partial charge in [0.25, 0.3) is 5.91 Å². The zero-order valence-corrected chi connectivity index (χ0v) is 19.5. The third-order valence-electron chi connectivity index (χ3n) is 6.27. The minimum Gasteiger partial charge on any atom is -0.497 e. The maximum Gasteiger partial charge on any atom is 0.258 e. The molecule has 2 aromatic rings. The van der Waals surface area contributed by atoms with E-state index in [9.17, 15) is 4.79 Å². The molecule has 1 aromatic carbocycles. The van der Waals surface area contributed by atoms with Crippen LogP contribution in [0.3, 0.4) is 0 Å². The van der Waals surface area contributed by atoms with Crippen molar-refractivity contribution in [2.24, 2.45) is 0 Å². The molecule has 3 rings (SSSR count). The number of β-lactam (4-membered cyclic amide) rings is 1. The average molecular weight is 416 g/mol. The van der Waals surface area contributed by atoms with Gasteiger partial charge in [0.05, 0.1) is 13.4 Å². The molecule has 0 aliphatic carbocycles. The van der Waals surface area contributed by atoms with Crippen LogP contribution in [0.1, 0.15) is 53.3 Å². The number of hydrogen-bond donors (Lipinski definition) is 0. The summed E-state index contributed by atoms with van der Waals surface area (Å²) in [6.45, 7) is 13.4. The molecule has 2 atom stereocenters. The molecule has 1 amide bonds. The van der Waals surface area contributed by atoms with Crippen LogP contribution < -0.4 is 9.64 Å². The Labute approximate surface area is 175 Å². The van der Waals surface area contributed by atoms with Crippen LogP contribution in [0.25, 0.3) is 0 Å². The number of furan rings is 1. The van der Waals surface area contributed by atoms with Gasteiger partial charge in [-0.1, -0.05) is 41.5 Å². The first kappa shape index (κ1) is 21.7. The van der Waals surface area contributed by atoms with Gasteiger partial charge in [-0.3, -0.25) is 9.69 Å². The molecule has 1 aliphatic heterocycles. The topological polar surface area (TPSA) is 51.9 Å². The summed E-state index contributed by atoms with van der Waals surface area (Å²) in [7, 11) is -0.579. The number of rotatable bonds is 8. The van der Waals surface area contributed by atoms with Gasteiger partial charge < -0.3 is 13.6 Å². The second kappa shape index (κ2) is 8.36. The summed E-state index contributed by atoms with van der Waals surface area (Å²) in [5.74, 6) is 1.51. The van der Waals surface area contributed by atoms with Crippen LogP contribution in [0, 0.1) is 0 Å². The molecule has 0 saturated carbocycles. The first-order chi connectivity index (χ1) is 13.7. The molecule has 1 fully saturated rings. The third kappa shape index (κ3) is 3.64. The van der Waals surface area contributed by atoms with Crippen LogP contribution in [-0.2, 0) is 9.22 Å². The van der Waals surface area contributed by atoms with Crippen molar-refractivity contribution < 1.29 is 18.4 Å². The molecule has 1 aromatic heterocycles. The summed E-state index contributed by atoms with van der Waals surface area (Å²) in [5.41, 5.74) is 2.04. The van der Waals surface area contributed by atoms with Gasteiger partial charge >= 0.3 is 0 Å². The maximum atomic E-state index is 13.3. The number of benzene rings is 1. The molecule has 0 spiro atoms. The molecule has 0 N–H and O–H groups in total. The molecule has 1 aliphatic rings. The van der Waals surface area contributed by atoms with Gasteiger partial charge in [0, 0.05) is 5.69 Å². The lowest BCUT2D eigenvalue weighted by molar-refractivity contribution is -0.136. The normalized spacial score (nSPS) is 19.9. The first-order valence-corrected chi connectivity index (χ1v) is 12.6. The standard InChI is InChI=1S/C23H33NO4Si/c1-15(2)29(16(3)4,17(5)6)28-22-21(20-9-8-14-27-20)24(23(22)25)18-10-12-19(26-7)13-11-18/h8-17,21-22H,1-7H3. The van der Waals surface area contributed by atoms with Gasteiger partial charge in [0.2, 0.25) is 8.32 Å². The summed E-state index contributed by atoms with van der Waals surface area (Å²) in [4.78, 5) is 15.1. The van der Waals surface area contributed by atoms with Crippen LogP contribution in [0.4, 0.5) is 5.69 Å². The van der Waals surface area contributed by atoms with E-state index in [-0.39, 0.29) is 11.9 Å². The van der Waals surface area contributed by atoms with E-state index in [1.165, 1.54) is 0 Å². The van der Waals surface area contributed by atoms with Crippen molar-refractivity contribution >= 4 is 19.9 Å². The second-order valence-corrected chi connectivity index (χ2v) is 14.1. The molecule has 29 heavy (non-hydrogen) atoms. The second-order valence-electron chi connectivity index (χ2n) is 8.72. The summed E-state index contributed by atoms with van der Waals surface area (Å²) in [5, 5.41) is 0. The van der Waals surface area contributed by atoms with Gasteiger partial charge in [-0.25, -0.2) is 0 Å². The molecule has 2 heterocycles. The Morgan fingerprint density at radius 2 is 1.55 bits per heavy atom. The Hall–Kier alpha value is -2.05. The molecular weight excluding hydrogens is 382 g/mol. The molecule has 6 heteroatoms. The Bertz CT molecular complexity index is 792.